The van der Waals surface area contributed by atoms with Crippen molar-refractivity contribution in [3.8, 4) is 0 Å². The molecule has 0 spiro atoms. The van der Waals surface area contributed by atoms with Crippen LogP contribution in [-0.4, -0.2) is 198 Å². The third kappa shape index (κ3) is 54.7. The molecule has 0 aromatic heterocycles. The van der Waals surface area contributed by atoms with E-state index < -0.39 is 0 Å². The van der Waals surface area contributed by atoms with Crippen LogP contribution in [0.5, 0.6) is 0 Å². The van der Waals surface area contributed by atoms with Crippen LogP contribution in [0.15, 0.2) is 0 Å². The van der Waals surface area contributed by atoms with Gasteiger partial charge in [-0.15, -0.1) is 0 Å². The molecule has 2 saturated heterocycles. The van der Waals surface area contributed by atoms with Crippen molar-refractivity contribution >= 4 is 0 Å². The normalized spacial score (nSPS) is 18.0. The first kappa shape index (κ1) is 79.0. The number of likely N-dealkylation sites (N-methyl/N-ethyl adjacent to an activating group) is 2. The molecule has 2 aliphatic heterocycles. The first-order valence-corrected chi connectivity index (χ1v) is 30.3. The second-order valence-corrected chi connectivity index (χ2v) is 25.5. The number of nitrogens with one attached hydrogen (secondary N) is 1. The maximum absolute atomic E-state index is 5.85. The summed E-state index contributed by atoms with van der Waals surface area (Å²) in [4.78, 5) is 4.81. The van der Waals surface area contributed by atoms with Crippen LogP contribution in [0.2, 0.25) is 0 Å². The van der Waals surface area contributed by atoms with Gasteiger partial charge in [0, 0.05) is 63.8 Å². The lowest BCUT2D eigenvalue weighted by Crippen LogP contribution is -2.55. The number of likely N-dealkylation sites (tertiary alicyclic amines) is 2. The Morgan fingerprint density at radius 2 is 0.959 bits per heavy atom. The number of unbranched alkanes of at least 4 members (excludes halogenated alkanes) is 2. The minimum absolute atomic E-state index is 0.357. The van der Waals surface area contributed by atoms with Gasteiger partial charge in [-0.25, -0.2) is 0 Å². The van der Waals surface area contributed by atoms with E-state index in [0.29, 0.717) is 73.0 Å². The Hall–Kier alpha value is -0.440. The van der Waals surface area contributed by atoms with Crippen molar-refractivity contribution in [2.45, 2.75) is 303 Å². The van der Waals surface area contributed by atoms with Crippen molar-refractivity contribution in [3.63, 3.8) is 0 Å². The third-order valence-corrected chi connectivity index (χ3v) is 13.8. The molecule has 2 heterocycles. The molecule has 2 fully saturated rings. The molecule has 11 nitrogen and oxygen atoms in total. The Bertz CT molecular complexity index is 1110. The summed E-state index contributed by atoms with van der Waals surface area (Å²) in [7, 11) is 8.98. The van der Waals surface area contributed by atoms with Gasteiger partial charge in [0.05, 0.1) is 108 Å². The summed E-state index contributed by atoms with van der Waals surface area (Å²) in [5.74, 6) is 0.816. The summed E-state index contributed by atoms with van der Waals surface area (Å²) in [6.07, 6.45) is 14.4. The Kier molecular flexibility index (Phi) is 51.5. The van der Waals surface area contributed by atoms with Crippen molar-refractivity contribution in [1.29, 1.82) is 0 Å². The molecular weight excluding hydrogens is 911 g/mol. The van der Waals surface area contributed by atoms with Gasteiger partial charge in [-0.1, -0.05) is 27.7 Å². The van der Waals surface area contributed by atoms with Crippen LogP contribution in [0.4, 0.5) is 0 Å². The van der Waals surface area contributed by atoms with Crippen LogP contribution in [0.3, 0.4) is 0 Å². The minimum Gasteiger partial charge on any atom is -0.379 e. The molecule has 0 aliphatic carbocycles. The molecule has 0 aromatic carbocycles. The standard InChI is InChI=1S/C12H26NO.C11H23NO.C11H25NO.C10H24NO.C9H21NO.C9H20O/c1-10(2)13(5)8-6-12(7-9-13)14-11(3)4;1-9(2)12-7-5-11(6-8-12)13-10(3)4;1-10(2)12-8-6-5-7-9-13-11(3)4;1-9(2)11(5,6)7-8-12-10(3)4;1-8(2)10(5)6-7-11-9(3)4;1-8(2)6-5-7-10-9(3)4/h10-12H,6-9H2,1-5H3;9-11H,5-8H2,1-4H3;10-12H,5-9H2,1-4H3;9-10H,7-8H2,1-6H3;8-9H,6-7H2,1-5H3;8-9H,5-7H2,1-4H3/q+1;;;+1;;. The number of hydrogen-bond acceptors (Lipinski definition) is 9. The summed E-state index contributed by atoms with van der Waals surface area (Å²) in [5, 5.41) is 3.40. The third-order valence-electron chi connectivity index (χ3n) is 13.8. The van der Waals surface area contributed by atoms with E-state index in [9.17, 15) is 0 Å². The lowest BCUT2D eigenvalue weighted by molar-refractivity contribution is -0.935. The Morgan fingerprint density at radius 3 is 1.33 bits per heavy atom. The Balaban J connectivity index is -0.000000393. The molecule has 0 saturated carbocycles. The van der Waals surface area contributed by atoms with Crippen LogP contribution in [-0.2, 0) is 28.4 Å². The molecule has 1 N–H and O–H groups in total. The van der Waals surface area contributed by atoms with E-state index in [1.54, 1.807) is 0 Å². The molecule has 2 rings (SSSR count). The molecule has 446 valence electrons. The molecule has 73 heavy (non-hydrogen) atoms. The maximum Gasteiger partial charge on any atom is 0.102 e. The fourth-order valence-electron chi connectivity index (χ4n) is 7.48. The van der Waals surface area contributed by atoms with Gasteiger partial charge in [-0.2, -0.15) is 0 Å². The smallest absolute Gasteiger partial charge is 0.102 e. The lowest BCUT2D eigenvalue weighted by atomic mass is 10.0. The van der Waals surface area contributed by atoms with E-state index >= 15 is 0 Å². The maximum atomic E-state index is 5.85. The van der Waals surface area contributed by atoms with E-state index in [1.165, 1.54) is 88.4 Å². The molecule has 0 radical (unpaired) electrons. The topological polar surface area (TPSA) is 73.9 Å². The molecule has 2 aliphatic rings. The second kappa shape index (κ2) is 47.6. The second-order valence-electron chi connectivity index (χ2n) is 25.5. The highest BCUT2D eigenvalue weighted by molar-refractivity contribution is 4.75. The van der Waals surface area contributed by atoms with Gasteiger partial charge in [-0.05, 0) is 203 Å². The number of quaternary nitrogens is 2. The first-order chi connectivity index (χ1) is 33.7. The molecule has 0 unspecified atom stereocenters. The quantitative estimate of drug-likeness (QED) is 0.0582. The zero-order chi connectivity index (χ0) is 57.3. The summed E-state index contributed by atoms with van der Waals surface area (Å²) < 4.78 is 35.7. The monoisotopic (exact) mass is 1050 g/mol. The minimum atomic E-state index is 0.357. The molecule has 0 bridgehead atoms. The van der Waals surface area contributed by atoms with Crippen LogP contribution >= 0.6 is 0 Å². The van der Waals surface area contributed by atoms with Crippen molar-refractivity contribution in [3.05, 3.63) is 0 Å². The van der Waals surface area contributed by atoms with E-state index in [1.807, 2.05) is 0 Å². The number of ether oxygens (including phenoxy) is 6. The average molecular weight is 1050 g/mol. The van der Waals surface area contributed by atoms with Gasteiger partial charge in [-0.3, -0.25) is 0 Å². The molecular formula is C62H139N5O6+2. The van der Waals surface area contributed by atoms with E-state index in [0.717, 1.165) is 62.5 Å². The molecule has 0 aromatic rings. The highest BCUT2D eigenvalue weighted by atomic mass is 16.5. The zero-order valence-corrected chi connectivity index (χ0v) is 55.0. The highest BCUT2D eigenvalue weighted by Crippen LogP contribution is 2.23. The zero-order valence-electron chi connectivity index (χ0n) is 55.0. The summed E-state index contributed by atoms with van der Waals surface area (Å²) in [6.45, 7) is 63.8. The molecule has 0 atom stereocenters. The average Bonchev–Trinajstić information content (AvgIpc) is 3.26. The van der Waals surface area contributed by atoms with E-state index in [4.69, 9.17) is 28.4 Å². The first-order valence-electron chi connectivity index (χ1n) is 30.3. The van der Waals surface area contributed by atoms with E-state index in [2.05, 4.69) is 209 Å². The van der Waals surface area contributed by atoms with Crippen LogP contribution in [0.25, 0.3) is 0 Å². The van der Waals surface area contributed by atoms with Crippen LogP contribution in [0.1, 0.15) is 224 Å². The summed E-state index contributed by atoms with van der Waals surface area (Å²) in [6, 6.07) is 3.34. The predicted molar refractivity (Wildman–Crippen MR) is 322 cm³/mol. The fraction of sp³-hybridized carbons (Fsp3) is 1.00. The van der Waals surface area contributed by atoms with E-state index in [-0.39, 0.29) is 0 Å². The van der Waals surface area contributed by atoms with Crippen molar-refractivity contribution < 1.29 is 37.4 Å². The summed E-state index contributed by atoms with van der Waals surface area (Å²) >= 11 is 0. The lowest BCUT2D eigenvalue weighted by Gasteiger charge is -2.43. The van der Waals surface area contributed by atoms with Crippen molar-refractivity contribution in [1.82, 2.24) is 15.1 Å². The van der Waals surface area contributed by atoms with Gasteiger partial charge in [0.25, 0.3) is 0 Å². The highest BCUT2D eigenvalue weighted by Gasteiger charge is 2.33. The Labute approximate surface area is 460 Å². The number of nitrogens with zero attached hydrogens (tertiary/aromatic N) is 4. The number of piperidine rings is 2. The molecule has 0 amide bonds. The fourth-order valence-corrected chi connectivity index (χ4v) is 7.48. The SMILES string of the molecule is CC(C)CCCOC(C)C.CC(C)NCCCCCOC(C)C.CC(C)OC1CCN(C(C)C)CC1.CC(C)OC1CC[N+](C)(C(C)C)CC1.CC(C)OCCN(C)C(C)C.CC(C)OCC[N+](C)(C)C(C)C. The largest absolute Gasteiger partial charge is 0.379 e. The van der Waals surface area contributed by atoms with Gasteiger partial charge in [0.15, 0.2) is 0 Å². The van der Waals surface area contributed by atoms with Crippen molar-refractivity contribution in [2.75, 3.05) is 100 Å². The van der Waals surface area contributed by atoms with Crippen molar-refractivity contribution in [2.24, 2.45) is 5.92 Å². The number of hydrogen-bond donors (Lipinski definition) is 1. The van der Waals surface area contributed by atoms with Crippen LogP contribution in [0, 0.1) is 5.92 Å². The van der Waals surface area contributed by atoms with Gasteiger partial charge < -0.3 is 52.5 Å². The van der Waals surface area contributed by atoms with Gasteiger partial charge in [0.2, 0.25) is 0 Å². The van der Waals surface area contributed by atoms with Gasteiger partial charge >= 0.3 is 0 Å². The van der Waals surface area contributed by atoms with Crippen LogP contribution < -0.4 is 5.32 Å². The van der Waals surface area contributed by atoms with Gasteiger partial charge in [0.1, 0.15) is 6.54 Å². The molecule has 11 heteroatoms. The number of rotatable bonds is 29. The summed E-state index contributed by atoms with van der Waals surface area (Å²) in [5.41, 5.74) is 0. The Morgan fingerprint density at radius 1 is 0.534 bits per heavy atom. The predicted octanol–water partition coefficient (Wildman–Crippen LogP) is 13.8.